The first kappa shape index (κ1) is 13.6. The van der Waals surface area contributed by atoms with Crippen LogP contribution in [0, 0.1) is 0 Å². The van der Waals surface area contributed by atoms with E-state index in [1.165, 1.54) is 0 Å². The van der Waals surface area contributed by atoms with Gasteiger partial charge in [0, 0.05) is 25.5 Å². The molecule has 110 valence electrons. The number of hydrogen-bond acceptors (Lipinski definition) is 6. The Bertz CT molecular complexity index is 645. The van der Waals surface area contributed by atoms with E-state index in [0.717, 1.165) is 19.5 Å². The lowest BCUT2D eigenvalue weighted by Crippen LogP contribution is -2.21. The first-order valence-corrected chi connectivity index (χ1v) is 6.84. The molecule has 0 aromatic carbocycles. The quantitative estimate of drug-likeness (QED) is 0.662. The molecule has 0 aliphatic rings. The lowest BCUT2D eigenvalue weighted by molar-refractivity contribution is 0.297. The van der Waals surface area contributed by atoms with Gasteiger partial charge < -0.3 is 8.94 Å². The van der Waals surface area contributed by atoms with Gasteiger partial charge >= 0.3 is 0 Å². The van der Waals surface area contributed by atoms with Crippen molar-refractivity contribution < 1.29 is 8.94 Å². The molecule has 0 aliphatic carbocycles. The van der Waals surface area contributed by atoms with Gasteiger partial charge in [0.05, 0.1) is 12.8 Å². The van der Waals surface area contributed by atoms with Crippen LogP contribution in [0.5, 0.6) is 0 Å². The smallest absolute Gasteiger partial charge is 0.293 e. The highest BCUT2D eigenvalue weighted by Crippen LogP contribution is 2.17. The zero-order chi connectivity index (χ0) is 14.5. The van der Waals surface area contributed by atoms with Crippen LogP contribution in [-0.2, 0) is 13.1 Å². The van der Waals surface area contributed by atoms with Crippen molar-refractivity contribution in [3.05, 3.63) is 42.7 Å². The van der Waals surface area contributed by atoms with Crippen molar-refractivity contribution in [3.8, 4) is 11.7 Å². The average Bonchev–Trinajstić information content (AvgIpc) is 3.21. The molecule has 0 bridgehead atoms. The molecule has 3 rings (SSSR count). The van der Waals surface area contributed by atoms with Crippen LogP contribution in [0.1, 0.15) is 12.2 Å². The fourth-order valence-electron chi connectivity index (χ4n) is 2.07. The molecule has 0 unspecified atom stereocenters. The van der Waals surface area contributed by atoms with E-state index < -0.39 is 0 Å². The molecule has 0 aliphatic heterocycles. The van der Waals surface area contributed by atoms with Crippen LogP contribution >= 0.6 is 0 Å². The maximum atomic E-state index is 5.22. The second-order valence-corrected chi connectivity index (χ2v) is 4.85. The largest absolute Gasteiger partial charge is 0.459 e. The lowest BCUT2D eigenvalue weighted by atomic mass is 10.4. The van der Waals surface area contributed by atoms with Gasteiger partial charge in [0.2, 0.25) is 0 Å². The van der Waals surface area contributed by atoms with Gasteiger partial charge in [0.25, 0.3) is 5.89 Å². The molecule has 0 fully saturated rings. The van der Waals surface area contributed by atoms with Crippen molar-refractivity contribution in [1.29, 1.82) is 0 Å². The normalized spacial score (nSPS) is 11.3. The molecule has 7 heteroatoms. The summed E-state index contributed by atoms with van der Waals surface area (Å²) in [5.74, 6) is 1.66. The molecule has 0 N–H and O–H groups in total. The highest BCUT2D eigenvalue weighted by atomic mass is 16.5. The SMILES string of the molecule is CN(CCCn1cccn1)Cc1noc(-c2ccco2)n1. The fourth-order valence-corrected chi connectivity index (χ4v) is 2.07. The Balaban J connectivity index is 1.47. The minimum Gasteiger partial charge on any atom is -0.459 e. The molecule has 7 nitrogen and oxygen atoms in total. The van der Waals surface area contributed by atoms with E-state index in [0.29, 0.717) is 24.0 Å². The van der Waals surface area contributed by atoms with Crippen molar-refractivity contribution in [2.24, 2.45) is 0 Å². The van der Waals surface area contributed by atoms with Gasteiger partial charge in [0.15, 0.2) is 11.6 Å². The molecule has 0 saturated carbocycles. The Labute approximate surface area is 122 Å². The van der Waals surface area contributed by atoms with E-state index in [9.17, 15) is 0 Å². The summed E-state index contributed by atoms with van der Waals surface area (Å²) in [6.07, 6.45) is 6.36. The van der Waals surface area contributed by atoms with E-state index in [1.807, 2.05) is 24.0 Å². The number of furan rings is 1. The van der Waals surface area contributed by atoms with E-state index >= 15 is 0 Å². The average molecular weight is 287 g/mol. The zero-order valence-electron chi connectivity index (χ0n) is 11.8. The molecule has 0 spiro atoms. The summed E-state index contributed by atoms with van der Waals surface area (Å²) >= 11 is 0. The summed E-state index contributed by atoms with van der Waals surface area (Å²) < 4.78 is 12.3. The van der Waals surface area contributed by atoms with Gasteiger partial charge in [0.1, 0.15) is 0 Å². The second kappa shape index (κ2) is 6.36. The molecule has 0 radical (unpaired) electrons. The van der Waals surface area contributed by atoms with Crippen LogP contribution in [0.15, 0.2) is 45.8 Å². The minimum absolute atomic E-state index is 0.417. The molecule has 3 heterocycles. The van der Waals surface area contributed by atoms with Crippen molar-refractivity contribution in [2.45, 2.75) is 19.5 Å². The molecule has 3 aromatic heterocycles. The van der Waals surface area contributed by atoms with Crippen molar-refractivity contribution in [2.75, 3.05) is 13.6 Å². The summed E-state index contributed by atoms with van der Waals surface area (Å²) in [5, 5.41) is 8.14. The third-order valence-corrected chi connectivity index (χ3v) is 3.10. The summed E-state index contributed by atoms with van der Waals surface area (Å²) in [5.41, 5.74) is 0. The third-order valence-electron chi connectivity index (χ3n) is 3.10. The molecule has 21 heavy (non-hydrogen) atoms. The van der Waals surface area contributed by atoms with Crippen LogP contribution in [-0.4, -0.2) is 38.4 Å². The Kier molecular flexibility index (Phi) is 4.11. The van der Waals surface area contributed by atoms with Gasteiger partial charge in [-0.2, -0.15) is 10.1 Å². The summed E-state index contributed by atoms with van der Waals surface area (Å²) in [4.78, 5) is 6.47. The van der Waals surface area contributed by atoms with Crippen LogP contribution < -0.4 is 0 Å². The predicted octanol–water partition coefficient (Wildman–Crippen LogP) is 2.05. The Morgan fingerprint density at radius 2 is 2.29 bits per heavy atom. The maximum Gasteiger partial charge on any atom is 0.293 e. The highest BCUT2D eigenvalue weighted by Gasteiger charge is 2.12. The van der Waals surface area contributed by atoms with E-state index in [1.54, 1.807) is 24.6 Å². The van der Waals surface area contributed by atoms with E-state index in [-0.39, 0.29) is 0 Å². The van der Waals surface area contributed by atoms with Gasteiger partial charge in [-0.3, -0.25) is 9.58 Å². The topological polar surface area (TPSA) is 73.1 Å². The van der Waals surface area contributed by atoms with Crippen LogP contribution in [0.25, 0.3) is 11.7 Å². The molecular weight excluding hydrogens is 270 g/mol. The van der Waals surface area contributed by atoms with Gasteiger partial charge in [-0.15, -0.1) is 0 Å². The van der Waals surface area contributed by atoms with Gasteiger partial charge in [-0.1, -0.05) is 5.16 Å². The summed E-state index contributed by atoms with van der Waals surface area (Å²) in [6.45, 7) is 2.48. The fraction of sp³-hybridized carbons (Fsp3) is 0.357. The molecule has 0 atom stereocenters. The van der Waals surface area contributed by atoms with Crippen LogP contribution in [0.2, 0.25) is 0 Å². The molecular formula is C14H17N5O2. The Morgan fingerprint density at radius 1 is 1.33 bits per heavy atom. The number of aryl methyl sites for hydroxylation is 1. The maximum absolute atomic E-state index is 5.22. The highest BCUT2D eigenvalue weighted by molar-refractivity contribution is 5.42. The van der Waals surface area contributed by atoms with E-state index in [4.69, 9.17) is 8.94 Å². The molecule has 0 amide bonds. The van der Waals surface area contributed by atoms with Gasteiger partial charge in [-0.05, 0) is 31.7 Å². The van der Waals surface area contributed by atoms with Crippen molar-refractivity contribution in [1.82, 2.24) is 24.8 Å². The Hall–Kier alpha value is -2.41. The van der Waals surface area contributed by atoms with Crippen LogP contribution in [0.3, 0.4) is 0 Å². The molecule has 0 saturated heterocycles. The van der Waals surface area contributed by atoms with Crippen LogP contribution in [0.4, 0.5) is 0 Å². The Morgan fingerprint density at radius 3 is 3.05 bits per heavy atom. The standard InChI is InChI=1S/C14H17N5O2/c1-18(7-4-9-19-8-3-6-15-19)11-13-16-14(21-17-13)12-5-2-10-20-12/h2-3,5-6,8,10H,4,7,9,11H2,1H3. The first-order chi connectivity index (χ1) is 10.3. The first-order valence-electron chi connectivity index (χ1n) is 6.84. The number of aromatic nitrogens is 4. The number of hydrogen-bond donors (Lipinski definition) is 0. The van der Waals surface area contributed by atoms with Gasteiger partial charge in [-0.25, -0.2) is 0 Å². The van der Waals surface area contributed by atoms with Crippen molar-refractivity contribution >= 4 is 0 Å². The summed E-state index contributed by atoms with van der Waals surface area (Å²) in [7, 11) is 2.03. The zero-order valence-corrected chi connectivity index (χ0v) is 11.8. The lowest BCUT2D eigenvalue weighted by Gasteiger charge is -2.13. The second-order valence-electron chi connectivity index (χ2n) is 4.85. The number of rotatable bonds is 7. The summed E-state index contributed by atoms with van der Waals surface area (Å²) in [6, 6.07) is 5.52. The predicted molar refractivity (Wildman–Crippen MR) is 75.2 cm³/mol. The van der Waals surface area contributed by atoms with E-state index in [2.05, 4.69) is 20.1 Å². The minimum atomic E-state index is 0.417. The molecule has 3 aromatic rings. The monoisotopic (exact) mass is 287 g/mol. The number of nitrogens with zero attached hydrogens (tertiary/aromatic N) is 5. The third kappa shape index (κ3) is 3.57. The van der Waals surface area contributed by atoms with Crippen molar-refractivity contribution in [3.63, 3.8) is 0 Å².